The van der Waals surface area contributed by atoms with Crippen molar-refractivity contribution in [1.82, 2.24) is 15.0 Å². The van der Waals surface area contributed by atoms with E-state index >= 15 is 0 Å². The predicted molar refractivity (Wildman–Crippen MR) is 109 cm³/mol. The summed E-state index contributed by atoms with van der Waals surface area (Å²) in [7, 11) is 0. The van der Waals surface area contributed by atoms with E-state index in [4.69, 9.17) is 16.1 Å². The van der Waals surface area contributed by atoms with Gasteiger partial charge in [0.1, 0.15) is 0 Å². The molecule has 1 atom stereocenters. The highest BCUT2D eigenvalue weighted by Gasteiger charge is 2.28. The summed E-state index contributed by atoms with van der Waals surface area (Å²) in [6.45, 7) is 2.93. The Morgan fingerprint density at radius 1 is 1.14 bits per heavy atom. The van der Waals surface area contributed by atoms with Gasteiger partial charge in [-0.15, -0.1) is 0 Å². The smallest absolute Gasteiger partial charge is 0.259 e. The summed E-state index contributed by atoms with van der Waals surface area (Å²) in [5.74, 6) is 0.760. The number of rotatable bonds is 4. The SMILES string of the molecule is CC[C@H]1CCCCN1C(=O)c1ccccc1-c1nc(-c2ccccc2Cl)no1. The molecule has 1 aromatic heterocycles. The Morgan fingerprint density at radius 3 is 2.68 bits per heavy atom. The van der Waals surface area contributed by atoms with Gasteiger partial charge in [0.25, 0.3) is 11.8 Å². The number of amides is 1. The number of hydrogen-bond donors (Lipinski definition) is 0. The van der Waals surface area contributed by atoms with Crippen LogP contribution in [0.2, 0.25) is 5.02 Å². The molecule has 1 fully saturated rings. The fraction of sp³-hybridized carbons (Fsp3) is 0.318. The van der Waals surface area contributed by atoms with E-state index in [1.807, 2.05) is 47.4 Å². The Balaban J connectivity index is 1.69. The first-order chi connectivity index (χ1) is 13.7. The minimum Gasteiger partial charge on any atom is -0.336 e. The highest BCUT2D eigenvalue weighted by Crippen LogP contribution is 2.30. The predicted octanol–water partition coefficient (Wildman–Crippen LogP) is 5.46. The molecule has 1 amide bonds. The van der Waals surface area contributed by atoms with Crippen molar-refractivity contribution in [2.75, 3.05) is 6.54 Å². The zero-order chi connectivity index (χ0) is 19.5. The van der Waals surface area contributed by atoms with Gasteiger partial charge in [-0.05, 0) is 49.9 Å². The van der Waals surface area contributed by atoms with Crippen molar-refractivity contribution in [3.8, 4) is 22.8 Å². The highest BCUT2D eigenvalue weighted by molar-refractivity contribution is 6.33. The zero-order valence-electron chi connectivity index (χ0n) is 15.8. The molecule has 0 spiro atoms. The van der Waals surface area contributed by atoms with Crippen LogP contribution in [0.15, 0.2) is 53.1 Å². The lowest BCUT2D eigenvalue weighted by molar-refractivity contribution is 0.0608. The molecule has 0 saturated carbocycles. The zero-order valence-corrected chi connectivity index (χ0v) is 16.5. The number of aromatic nitrogens is 2. The van der Waals surface area contributed by atoms with Crippen LogP contribution in [0.4, 0.5) is 0 Å². The van der Waals surface area contributed by atoms with E-state index < -0.39 is 0 Å². The Bertz CT molecular complexity index is 985. The average Bonchev–Trinajstić information content (AvgIpc) is 3.23. The molecule has 6 heteroatoms. The molecule has 1 saturated heterocycles. The van der Waals surface area contributed by atoms with Crippen LogP contribution in [-0.4, -0.2) is 33.5 Å². The standard InChI is InChI=1S/C22H22ClN3O2/c1-2-15-9-7-8-14-26(15)22(27)17-11-4-3-10-16(17)21-24-20(25-28-21)18-12-5-6-13-19(18)23/h3-6,10-13,15H,2,7-9,14H2,1H3/t15-/m0/s1. The lowest BCUT2D eigenvalue weighted by Gasteiger charge is -2.35. The second-order valence-electron chi connectivity index (χ2n) is 7.00. The van der Waals surface area contributed by atoms with E-state index in [1.54, 1.807) is 6.07 Å². The monoisotopic (exact) mass is 395 g/mol. The first-order valence-corrected chi connectivity index (χ1v) is 10.1. The summed E-state index contributed by atoms with van der Waals surface area (Å²) in [6.07, 6.45) is 4.24. The minimum atomic E-state index is 0.0274. The third-order valence-corrected chi connectivity index (χ3v) is 5.62. The second-order valence-corrected chi connectivity index (χ2v) is 7.41. The highest BCUT2D eigenvalue weighted by atomic mass is 35.5. The quantitative estimate of drug-likeness (QED) is 0.588. The number of benzene rings is 2. The van der Waals surface area contributed by atoms with E-state index in [-0.39, 0.29) is 11.9 Å². The van der Waals surface area contributed by atoms with Crippen LogP contribution in [0.1, 0.15) is 43.0 Å². The molecule has 2 heterocycles. The minimum absolute atomic E-state index is 0.0274. The molecular weight excluding hydrogens is 374 g/mol. The van der Waals surface area contributed by atoms with Gasteiger partial charge < -0.3 is 9.42 Å². The molecular formula is C22H22ClN3O2. The molecule has 0 aliphatic carbocycles. The molecule has 1 aliphatic heterocycles. The lowest BCUT2D eigenvalue weighted by Crippen LogP contribution is -2.43. The summed E-state index contributed by atoms with van der Waals surface area (Å²) < 4.78 is 5.50. The number of piperidine rings is 1. The van der Waals surface area contributed by atoms with E-state index in [1.165, 1.54) is 6.42 Å². The number of likely N-dealkylation sites (tertiary alicyclic amines) is 1. The summed E-state index contributed by atoms with van der Waals surface area (Å²) in [5, 5.41) is 4.63. The van der Waals surface area contributed by atoms with Crippen molar-refractivity contribution in [3.63, 3.8) is 0 Å². The summed E-state index contributed by atoms with van der Waals surface area (Å²) in [4.78, 5) is 19.8. The fourth-order valence-electron chi connectivity index (χ4n) is 3.79. The van der Waals surface area contributed by atoms with Gasteiger partial charge in [0.05, 0.1) is 16.1 Å². The molecule has 4 rings (SSSR count). The summed E-state index contributed by atoms with van der Waals surface area (Å²) in [6, 6.07) is 15.1. The van der Waals surface area contributed by atoms with Gasteiger partial charge in [-0.1, -0.05) is 47.9 Å². The number of hydrogen-bond acceptors (Lipinski definition) is 4. The number of carbonyl (C=O) groups is 1. The topological polar surface area (TPSA) is 59.2 Å². The van der Waals surface area contributed by atoms with Crippen LogP contribution < -0.4 is 0 Å². The van der Waals surface area contributed by atoms with Gasteiger partial charge in [-0.3, -0.25) is 4.79 Å². The third-order valence-electron chi connectivity index (χ3n) is 5.29. The van der Waals surface area contributed by atoms with Gasteiger partial charge in [-0.2, -0.15) is 4.98 Å². The number of carbonyl (C=O) groups excluding carboxylic acids is 1. The molecule has 0 unspecified atom stereocenters. The lowest BCUT2D eigenvalue weighted by atomic mass is 9.97. The van der Waals surface area contributed by atoms with Crippen LogP contribution in [0.5, 0.6) is 0 Å². The summed E-state index contributed by atoms with van der Waals surface area (Å²) >= 11 is 6.25. The van der Waals surface area contributed by atoms with Gasteiger partial charge in [0.2, 0.25) is 5.82 Å². The first kappa shape index (κ1) is 18.7. The van der Waals surface area contributed by atoms with Gasteiger partial charge >= 0.3 is 0 Å². The maximum Gasteiger partial charge on any atom is 0.259 e. The molecule has 144 valence electrons. The second kappa shape index (κ2) is 8.15. The Morgan fingerprint density at radius 2 is 1.89 bits per heavy atom. The van der Waals surface area contributed by atoms with Crippen LogP contribution in [0.25, 0.3) is 22.8 Å². The van der Waals surface area contributed by atoms with Gasteiger partial charge in [0, 0.05) is 18.2 Å². The molecule has 0 radical (unpaired) electrons. The Hall–Kier alpha value is -2.66. The van der Waals surface area contributed by atoms with E-state index in [0.717, 1.165) is 25.8 Å². The van der Waals surface area contributed by atoms with Crippen molar-refractivity contribution in [1.29, 1.82) is 0 Å². The Kier molecular flexibility index (Phi) is 5.44. The summed E-state index contributed by atoms with van der Waals surface area (Å²) in [5.41, 5.74) is 1.95. The maximum atomic E-state index is 13.3. The maximum absolute atomic E-state index is 13.3. The molecule has 0 N–H and O–H groups in total. The van der Waals surface area contributed by atoms with E-state index in [2.05, 4.69) is 17.1 Å². The Labute approximate surface area is 169 Å². The fourth-order valence-corrected chi connectivity index (χ4v) is 4.01. The van der Waals surface area contributed by atoms with Crippen molar-refractivity contribution in [3.05, 3.63) is 59.1 Å². The van der Waals surface area contributed by atoms with Crippen molar-refractivity contribution >= 4 is 17.5 Å². The first-order valence-electron chi connectivity index (χ1n) is 9.68. The number of halogens is 1. The normalized spacial score (nSPS) is 16.9. The van der Waals surface area contributed by atoms with Crippen LogP contribution >= 0.6 is 11.6 Å². The van der Waals surface area contributed by atoms with Crippen molar-refractivity contribution in [2.45, 2.75) is 38.6 Å². The van der Waals surface area contributed by atoms with E-state index in [9.17, 15) is 4.79 Å². The number of nitrogens with zero attached hydrogens (tertiary/aromatic N) is 3. The van der Waals surface area contributed by atoms with Crippen LogP contribution in [0.3, 0.4) is 0 Å². The average molecular weight is 396 g/mol. The molecule has 5 nitrogen and oxygen atoms in total. The third kappa shape index (κ3) is 3.54. The van der Waals surface area contributed by atoms with Crippen LogP contribution in [-0.2, 0) is 0 Å². The van der Waals surface area contributed by atoms with Crippen LogP contribution in [0, 0.1) is 0 Å². The van der Waals surface area contributed by atoms with E-state index in [0.29, 0.717) is 33.4 Å². The molecule has 28 heavy (non-hydrogen) atoms. The largest absolute Gasteiger partial charge is 0.336 e. The van der Waals surface area contributed by atoms with Gasteiger partial charge in [-0.25, -0.2) is 0 Å². The molecule has 2 aromatic carbocycles. The molecule has 1 aliphatic rings. The molecule has 3 aromatic rings. The van der Waals surface area contributed by atoms with Gasteiger partial charge in [0.15, 0.2) is 0 Å². The molecule has 0 bridgehead atoms. The van der Waals surface area contributed by atoms with Crippen molar-refractivity contribution in [2.24, 2.45) is 0 Å². The van der Waals surface area contributed by atoms with Crippen molar-refractivity contribution < 1.29 is 9.32 Å².